The summed E-state index contributed by atoms with van der Waals surface area (Å²) < 4.78 is 5.94. The molecule has 0 radical (unpaired) electrons. The molecule has 0 aliphatic heterocycles. The molecule has 1 amide bonds. The third-order valence-electron chi connectivity index (χ3n) is 3.11. The normalized spacial score (nSPS) is 11.2. The molecule has 0 saturated carbocycles. The predicted octanol–water partition coefficient (Wildman–Crippen LogP) is 4.56. The van der Waals surface area contributed by atoms with Crippen molar-refractivity contribution < 1.29 is 14.3 Å². The second-order valence-corrected chi connectivity index (χ2v) is 7.75. The van der Waals surface area contributed by atoms with Crippen molar-refractivity contribution in [2.75, 3.05) is 11.9 Å². The van der Waals surface area contributed by atoms with Crippen LogP contribution in [0.2, 0.25) is 0 Å². The number of aryl methyl sites for hydroxylation is 1. The minimum absolute atomic E-state index is 0.229. The zero-order valence-electron chi connectivity index (χ0n) is 13.0. The fraction of sp³-hybridized carbons (Fsp3) is 0.188. The monoisotopic (exact) mass is 378 g/mol. The lowest BCUT2D eigenvalue weighted by Crippen LogP contribution is -2.07. The highest BCUT2D eigenvalue weighted by Gasteiger charge is 2.20. The van der Waals surface area contributed by atoms with Crippen molar-refractivity contribution in [3.8, 4) is 0 Å². The van der Waals surface area contributed by atoms with Gasteiger partial charge in [0.25, 0.3) is 0 Å². The zero-order valence-corrected chi connectivity index (χ0v) is 15.4. The van der Waals surface area contributed by atoms with Crippen molar-refractivity contribution in [1.29, 1.82) is 0 Å². The predicted molar refractivity (Wildman–Crippen MR) is 100 cm³/mol. The zero-order chi connectivity index (χ0) is 17.1. The Labute approximate surface area is 150 Å². The van der Waals surface area contributed by atoms with Gasteiger partial charge in [-0.1, -0.05) is 17.4 Å². The molecule has 124 valence electrons. The highest BCUT2D eigenvalue weighted by atomic mass is 32.1. The van der Waals surface area contributed by atoms with E-state index in [9.17, 15) is 9.59 Å². The van der Waals surface area contributed by atoms with Crippen LogP contribution in [0.25, 0.3) is 15.6 Å². The number of carbonyl (C=O) groups is 2. The van der Waals surface area contributed by atoms with Crippen molar-refractivity contribution in [2.45, 2.75) is 13.8 Å². The van der Waals surface area contributed by atoms with Gasteiger partial charge in [-0.25, -0.2) is 9.78 Å². The summed E-state index contributed by atoms with van der Waals surface area (Å²) in [5, 5.41) is 5.24. The number of hydrogen-bond acceptors (Lipinski definition) is 7. The van der Waals surface area contributed by atoms with E-state index in [-0.39, 0.29) is 11.9 Å². The quantitative estimate of drug-likeness (QED) is 0.522. The van der Waals surface area contributed by atoms with Gasteiger partial charge >= 0.3 is 5.97 Å². The van der Waals surface area contributed by atoms with Gasteiger partial charge in [-0.05, 0) is 36.9 Å². The SMILES string of the molecule is CCOC(=O)c1sc2nc(NC(=O)/C=C/c3cccs3)sc2c1C. The highest BCUT2D eigenvalue weighted by Crippen LogP contribution is 2.37. The number of rotatable bonds is 5. The molecule has 0 aromatic carbocycles. The summed E-state index contributed by atoms with van der Waals surface area (Å²) in [6.45, 7) is 3.99. The summed E-state index contributed by atoms with van der Waals surface area (Å²) in [6.07, 6.45) is 3.25. The van der Waals surface area contributed by atoms with E-state index in [4.69, 9.17) is 4.74 Å². The molecule has 24 heavy (non-hydrogen) atoms. The number of hydrogen-bond donors (Lipinski definition) is 1. The van der Waals surface area contributed by atoms with Crippen LogP contribution in [0.4, 0.5) is 5.13 Å². The number of ether oxygens (including phenoxy) is 1. The van der Waals surface area contributed by atoms with Gasteiger partial charge in [0.1, 0.15) is 9.71 Å². The smallest absolute Gasteiger partial charge is 0.348 e. The van der Waals surface area contributed by atoms with Crippen molar-refractivity contribution in [3.05, 3.63) is 38.9 Å². The van der Waals surface area contributed by atoms with E-state index in [0.717, 1.165) is 20.0 Å². The molecule has 0 aliphatic carbocycles. The fourth-order valence-electron chi connectivity index (χ4n) is 2.02. The van der Waals surface area contributed by atoms with E-state index in [1.54, 1.807) is 24.3 Å². The second kappa shape index (κ2) is 7.25. The van der Waals surface area contributed by atoms with E-state index in [1.807, 2.05) is 24.4 Å². The average molecular weight is 379 g/mol. The number of nitrogens with one attached hydrogen (secondary N) is 1. The number of fused-ring (bicyclic) bond motifs is 1. The van der Waals surface area contributed by atoms with Crippen LogP contribution in [-0.2, 0) is 9.53 Å². The Kier molecular flexibility index (Phi) is 5.08. The topological polar surface area (TPSA) is 68.3 Å². The molecular formula is C16H14N2O3S3. The lowest BCUT2D eigenvalue weighted by atomic mass is 10.3. The standard InChI is InChI=1S/C16H14N2O3S3/c1-3-21-15(20)13-9(2)12-14(23-13)18-16(24-12)17-11(19)7-6-10-5-4-8-22-10/h4-8H,3H2,1-2H3,(H,17,18,19)/b7-6+. The van der Waals surface area contributed by atoms with Gasteiger partial charge < -0.3 is 4.74 Å². The van der Waals surface area contributed by atoms with Gasteiger partial charge in [-0.15, -0.1) is 22.7 Å². The van der Waals surface area contributed by atoms with Gasteiger partial charge in [-0.3, -0.25) is 10.1 Å². The van der Waals surface area contributed by atoms with Crippen molar-refractivity contribution >= 4 is 66.6 Å². The third-order valence-corrected chi connectivity index (χ3v) is 6.33. The molecular weight excluding hydrogens is 364 g/mol. The van der Waals surface area contributed by atoms with E-state index in [0.29, 0.717) is 16.6 Å². The van der Waals surface area contributed by atoms with Crippen molar-refractivity contribution in [1.82, 2.24) is 4.98 Å². The van der Waals surface area contributed by atoms with E-state index < -0.39 is 0 Å². The number of carbonyl (C=O) groups excluding carboxylic acids is 2. The molecule has 3 heterocycles. The van der Waals surface area contributed by atoms with Crippen LogP contribution in [0.5, 0.6) is 0 Å². The molecule has 0 bridgehead atoms. The molecule has 0 spiro atoms. The molecule has 0 fully saturated rings. The van der Waals surface area contributed by atoms with Crippen LogP contribution in [0.15, 0.2) is 23.6 Å². The number of amides is 1. The van der Waals surface area contributed by atoms with Gasteiger partial charge in [0, 0.05) is 11.0 Å². The van der Waals surface area contributed by atoms with Crippen LogP contribution in [0.1, 0.15) is 27.0 Å². The Morgan fingerprint density at radius 2 is 2.21 bits per heavy atom. The summed E-state index contributed by atoms with van der Waals surface area (Å²) in [6, 6.07) is 3.87. The second-order valence-electron chi connectivity index (χ2n) is 4.77. The molecule has 3 aromatic heterocycles. The number of esters is 1. The number of thiophene rings is 2. The van der Waals surface area contributed by atoms with Crippen molar-refractivity contribution in [3.63, 3.8) is 0 Å². The lowest BCUT2D eigenvalue weighted by Gasteiger charge is -1.99. The summed E-state index contributed by atoms with van der Waals surface area (Å²) >= 11 is 4.21. The minimum atomic E-state index is -0.324. The molecule has 1 N–H and O–H groups in total. The van der Waals surface area contributed by atoms with Crippen LogP contribution in [0, 0.1) is 6.92 Å². The number of thiazole rings is 1. The molecule has 3 aromatic rings. The highest BCUT2D eigenvalue weighted by molar-refractivity contribution is 7.30. The van der Waals surface area contributed by atoms with E-state index in [2.05, 4.69) is 10.3 Å². The van der Waals surface area contributed by atoms with Crippen molar-refractivity contribution in [2.24, 2.45) is 0 Å². The maximum Gasteiger partial charge on any atom is 0.348 e. The largest absolute Gasteiger partial charge is 0.462 e. The number of anilines is 1. The van der Waals surface area contributed by atoms with E-state index in [1.165, 1.54) is 28.7 Å². The van der Waals surface area contributed by atoms with E-state index >= 15 is 0 Å². The Balaban J connectivity index is 1.74. The van der Waals surface area contributed by atoms with Crippen LogP contribution in [0.3, 0.4) is 0 Å². The van der Waals surface area contributed by atoms with Crippen LogP contribution < -0.4 is 5.32 Å². The maximum atomic E-state index is 12.0. The Bertz CT molecular complexity index is 907. The first-order chi connectivity index (χ1) is 11.6. The summed E-state index contributed by atoms with van der Waals surface area (Å²) in [7, 11) is 0. The molecule has 8 heteroatoms. The Hall–Kier alpha value is -2.03. The molecule has 0 unspecified atom stereocenters. The Morgan fingerprint density at radius 3 is 2.88 bits per heavy atom. The fourth-order valence-corrected chi connectivity index (χ4v) is 4.86. The molecule has 0 saturated heterocycles. The first-order valence-electron chi connectivity index (χ1n) is 7.18. The maximum absolute atomic E-state index is 12.0. The van der Waals surface area contributed by atoms with Crippen LogP contribution in [-0.4, -0.2) is 23.5 Å². The first-order valence-corrected chi connectivity index (χ1v) is 9.69. The summed E-state index contributed by atoms with van der Waals surface area (Å²) in [5.41, 5.74) is 0.848. The Morgan fingerprint density at radius 1 is 1.38 bits per heavy atom. The molecule has 0 aliphatic rings. The van der Waals surface area contributed by atoms with Gasteiger partial charge in [-0.2, -0.15) is 0 Å². The van der Waals surface area contributed by atoms with Gasteiger partial charge in [0.15, 0.2) is 5.13 Å². The molecule has 0 atom stereocenters. The number of aromatic nitrogens is 1. The lowest BCUT2D eigenvalue weighted by molar-refractivity contribution is -0.111. The molecule has 3 rings (SSSR count). The average Bonchev–Trinajstić information content (AvgIpc) is 3.24. The third kappa shape index (κ3) is 3.55. The minimum Gasteiger partial charge on any atom is -0.462 e. The number of nitrogens with zero attached hydrogens (tertiary/aromatic N) is 1. The summed E-state index contributed by atoms with van der Waals surface area (Å²) in [5.74, 6) is -0.553. The van der Waals surface area contributed by atoms with Gasteiger partial charge in [0.05, 0.1) is 11.3 Å². The molecule has 5 nitrogen and oxygen atoms in total. The first kappa shape index (κ1) is 16.8. The van der Waals surface area contributed by atoms with Crippen LogP contribution >= 0.6 is 34.0 Å². The van der Waals surface area contributed by atoms with Gasteiger partial charge in [0.2, 0.25) is 5.91 Å². The summed E-state index contributed by atoms with van der Waals surface area (Å²) in [4.78, 5) is 30.5.